The smallest absolute Gasteiger partial charge is 0.234 e. The summed E-state index contributed by atoms with van der Waals surface area (Å²) in [5.41, 5.74) is 5.12. The van der Waals surface area contributed by atoms with E-state index < -0.39 is 0 Å². The normalized spacial score (nSPS) is 12.9. The Hall–Kier alpha value is -0.220. The van der Waals surface area contributed by atoms with Crippen LogP contribution in [-0.2, 0) is 4.79 Å². The van der Waals surface area contributed by atoms with Crippen LogP contribution in [-0.4, -0.2) is 30.5 Å². The molecule has 0 aliphatic carbocycles. The molecule has 0 radical (unpaired) electrons. The predicted octanol–water partition coefficient (Wildman–Crippen LogP) is 0.203. The van der Waals surface area contributed by atoms with Crippen molar-refractivity contribution in [2.24, 2.45) is 5.73 Å². The third kappa shape index (κ3) is 5.09. The first-order valence-corrected chi connectivity index (χ1v) is 5.13. The van der Waals surface area contributed by atoms with E-state index in [1.54, 1.807) is 11.8 Å². The van der Waals surface area contributed by atoms with Crippen LogP contribution in [0.5, 0.6) is 0 Å². The number of nitrogens with one attached hydrogen (secondary N) is 1. The minimum absolute atomic E-state index is 0.151. The summed E-state index contributed by atoms with van der Waals surface area (Å²) in [5, 5.41) is 3.07. The molecule has 4 heteroatoms. The topological polar surface area (TPSA) is 55.1 Å². The van der Waals surface area contributed by atoms with Crippen LogP contribution in [0.4, 0.5) is 0 Å². The highest BCUT2D eigenvalue weighted by Gasteiger charge is 2.09. The van der Waals surface area contributed by atoms with Crippen LogP contribution < -0.4 is 11.1 Å². The van der Waals surface area contributed by atoms with Crippen molar-refractivity contribution in [2.75, 3.05) is 18.6 Å². The van der Waals surface area contributed by atoms with E-state index >= 15 is 0 Å². The fourth-order valence-electron chi connectivity index (χ4n) is 0.781. The third-order valence-corrected chi connectivity index (χ3v) is 2.06. The first-order chi connectivity index (χ1) is 5.22. The van der Waals surface area contributed by atoms with Gasteiger partial charge in [0.15, 0.2) is 0 Å². The first-order valence-electron chi connectivity index (χ1n) is 3.74. The number of hydrogen-bond donors (Lipinski definition) is 2. The highest BCUT2D eigenvalue weighted by Crippen LogP contribution is 1.91. The second kappa shape index (κ2) is 6.49. The van der Waals surface area contributed by atoms with Gasteiger partial charge in [0.2, 0.25) is 5.91 Å². The van der Waals surface area contributed by atoms with Crippen LogP contribution in [0.3, 0.4) is 0 Å². The Kier molecular flexibility index (Phi) is 6.36. The van der Waals surface area contributed by atoms with Gasteiger partial charge in [-0.15, -0.1) is 0 Å². The highest BCUT2D eigenvalue weighted by atomic mass is 32.2. The number of rotatable bonds is 6. The van der Waals surface area contributed by atoms with Crippen molar-refractivity contribution in [1.29, 1.82) is 0 Å². The molecule has 3 nitrogen and oxygen atoms in total. The number of thioether (sulfide) groups is 1. The molecule has 1 amide bonds. The summed E-state index contributed by atoms with van der Waals surface area (Å²) in [7, 11) is 0. The van der Waals surface area contributed by atoms with Crippen molar-refractivity contribution in [3.63, 3.8) is 0 Å². The lowest BCUT2D eigenvalue weighted by atomic mass is 10.2. The van der Waals surface area contributed by atoms with Gasteiger partial charge < -0.3 is 11.1 Å². The summed E-state index contributed by atoms with van der Waals surface area (Å²) >= 11 is 1.75. The monoisotopic (exact) mass is 176 g/mol. The molecular formula is C7H16N2OS. The lowest BCUT2D eigenvalue weighted by Crippen LogP contribution is -2.41. The van der Waals surface area contributed by atoms with E-state index in [2.05, 4.69) is 5.32 Å². The predicted molar refractivity (Wildman–Crippen MR) is 49.7 cm³/mol. The van der Waals surface area contributed by atoms with E-state index in [1.807, 2.05) is 13.2 Å². The molecule has 0 aromatic heterocycles. The van der Waals surface area contributed by atoms with Gasteiger partial charge in [-0.05, 0) is 12.7 Å². The van der Waals surface area contributed by atoms with Gasteiger partial charge in [0.25, 0.3) is 0 Å². The molecule has 0 aromatic carbocycles. The number of nitrogens with two attached hydrogens (primary N) is 1. The van der Waals surface area contributed by atoms with Gasteiger partial charge in [-0.3, -0.25) is 4.79 Å². The van der Waals surface area contributed by atoms with Gasteiger partial charge in [0.05, 0.1) is 6.04 Å². The second-order valence-corrected chi connectivity index (χ2v) is 3.30. The molecule has 0 saturated heterocycles. The van der Waals surface area contributed by atoms with E-state index in [4.69, 9.17) is 5.73 Å². The Balaban J connectivity index is 3.44. The fraction of sp³-hybridized carbons (Fsp3) is 0.857. The van der Waals surface area contributed by atoms with E-state index in [0.29, 0.717) is 0 Å². The first kappa shape index (κ1) is 10.8. The Morgan fingerprint density at radius 1 is 1.73 bits per heavy atom. The minimum Gasteiger partial charge on any atom is -0.368 e. The quantitative estimate of drug-likeness (QED) is 0.569. The number of amides is 1. The summed E-state index contributed by atoms with van der Waals surface area (Å²) in [6, 6.07) is -0.151. The van der Waals surface area contributed by atoms with Crippen LogP contribution >= 0.6 is 11.8 Å². The van der Waals surface area contributed by atoms with Crippen LogP contribution in [0.25, 0.3) is 0 Å². The minimum atomic E-state index is -0.256. The number of primary amides is 1. The van der Waals surface area contributed by atoms with Crippen LogP contribution in [0, 0.1) is 0 Å². The Labute approximate surface area is 72.1 Å². The molecule has 3 N–H and O–H groups in total. The molecular weight excluding hydrogens is 160 g/mol. The molecule has 0 aliphatic heterocycles. The van der Waals surface area contributed by atoms with Crippen LogP contribution in [0.1, 0.15) is 13.3 Å². The third-order valence-electron chi connectivity index (χ3n) is 1.45. The standard InChI is InChI=1S/C7H16N2OS/c1-3-6(7(8)10)9-4-5-11-2/h6,9H,3-5H2,1-2H3,(H2,8,10). The molecule has 1 atom stereocenters. The largest absolute Gasteiger partial charge is 0.368 e. The molecule has 0 saturated carbocycles. The van der Waals surface area contributed by atoms with Gasteiger partial charge in [0.1, 0.15) is 0 Å². The maximum atomic E-state index is 10.7. The molecule has 0 bridgehead atoms. The Morgan fingerprint density at radius 2 is 2.36 bits per heavy atom. The summed E-state index contributed by atoms with van der Waals surface area (Å²) in [5.74, 6) is 0.762. The zero-order valence-corrected chi connectivity index (χ0v) is 7.91. The van der Waals surface area contributed by atoms with Gasteiger partial charge >= 0.3 is 0 Å². The van der Waals surface area contributed by atoms with E-state index in [-0.39, 0.29) is 11.9 Å². The van der Waals surface area contributed by atoms with Crippen LogP contribution in [0.2, 0.25) is 0 Å². The van der Waals surface area contributed by atoms with Gasteiger partial charge in [-0.25, -0.2) is 0 Å². The molecule has 0 rings (SSSR count). The molecule has 0 fully saturated rings. The van der Waals surface area contributed by atoms with Crippen molar-refractivity contribution in [2.45, 2.75) is 19.4 Å². The molecule has 0 aliphatic rings. The number of carbonyl (C=O) groups is 1. The maximum Gasteiger partial charge on any atom is 0.234 e. The summed E-state index contributed by atoms with van der Waals surface area (Å²) in [4.78, 5) is 10.7. The molecule has 66 valence electrons. The summed E-state index contributed by atoms with van der Waals surface area (Å²) < 4.78 is 0. The average molecular weight is 176 g/mol. The molecule has 0 heterocycles. The van der Waals surface area contributed by atoms with Gasteiger partial charge in [0, 0.05) is 12.3 Å². The van der Waals surface area contributed by atoms with Crippen molar-refractivity contribution in [3.05, 3.63) is 0 Å². The number of carbonyl (C=O) groups excluding carboxylic acids is 1. The van der Waals surface area contributed by atoms with E-state index in [0.717, 1.165) is 18.7 Å². The van der Waals surface area contributed by atoms with Crippen LogP contribution in [0.15, 0.2) is 0 Å². The van der Waals surface area contributed by atoms with Crippen molar-refractivity contribution in [1.82, 2.24) is 5.32 Å². The fourth-order valence-corrected chi connectivity index (χ4v) is 1.10. The molecule has 0 aromatic rings. The summed E-state index contributed by atoms with van der Waals surface area (Å²) in [6.07, 6.45) is 2.80. The SMILES string of the molecule is CCC(NCCSC)C(N)=O. The molecule has 11 heavy (non-hydrogen) atoms. The molecule has 0 spiro atoms. The van der Waals surface area contributed by atoms with Crippen molar-refractivity contribution < 1.29 is 4.79 Å². The van der Waals surface area contributed by atoms with Crippen molar-refractivity contribution in [3.8, 4) is 0 Å². The van der Waals surface area contributed by atoms with E-state index in [9.17, 15) is 4.79 Å². The lowest BCUT2D eigenvalue weighted by Gasteiger charge is -2.11. The average Bonchev–Trinajstić information content (AvgIpc) is 1.97. The van der Waals surface area contributed by atoms with Crippen molar-refractivity contribution >= 4 is 17.7 Å². The second-order valence-electron chi connectivity index (χ2n) is 2.31. The van der Waals surface area contributed by atoms with Gasteiger partial charge in [-0.1, -0.05) is 6.92 Å². The van der Waals surface area contributed by atoms with E-state index in [1.165, 1.54) is 0 Å². The lowest BCUT2D eigenvalue weighted by molar-refractivity contribution is -0.120. The molecule has 1 unspecified atom stereocenters. The maximum absolute atomic E-state index is 10.7. The zero-order chi connectivity index (χ0) is 8.69. The highest BCUT2D eigenvalue weighted by molar-refractivity contribution is 7.98. The Bertz CT molecular complexity index is 119. The summed E-state index contributed by atoms with van der Waals surface area (Å²) in [6.45, 7) is 2.80. The zero-order valence-electron chi connectivity index (χ0n) is 7.09. The number of hydrogen-bond acceptors (Lipinski definition) is 3. The Morgan fingerprint density at radius 3 is 2.73 bits per heavy atom. The van der Waals surface area contributed by atoms with Gasteiger partial charge in [-0.2, -0.15) is 11.8 Å².